The molecule has 1 unspecified atom stereocenters. The highest BCUT2D eigenvalue weighted by molar-refractivity contribution is 5.75. The molecular formula is C13H16N2O. The van der Waals surface area contributed by atoms with Gasteiger partial charge in [0.05, 0.1) is 30.3 Å². The number of nitrogens with zero attached hydrogens (tertiary/aromatic N) is 2. The van der Waals surface area contributed by atoms with Crippen LogP contribution in [0.25, 0.3) is 11.0 Å². The Morgan fingerprint density at radius 1 is 1.44 bits per heavy atom. The van der Waals surface area contributed by atoms with Gasteiger partial charge < -0.3 is 9.30 Å². The van der Waals surface area contributed by atoms with Crippen molar-refractivity contribution in [1.82, 2.24) is 9.55 Å². The maximum atomic E-state index is 5.32. The smallest absolute Gasteiger partial charge is 0.109 e. The molecule has 1 fully saturated rings. The number of aromatic nitrogens is 2. The Hall–Kier alpha value is -1.35. The van der Waals surface area contributed by atoms with Crippen molar-refractivity contribution in [3.05, 3.63) is 30.1 Å². The molecule has 84 valence electrons. The first-order valence-electron chi connectivity index (χ1n) is 5.94. The highest BCUT2D eigenvalue weighted by Gasteiger charge is 2.24. The van der Waals surface area contributed by atoms with Crippen LogP contribution in [0.1, 0.15) is 19.2 Å². The predicted octanol–water partition coefficient (Wildman–Crippen LogP) is 2.39. The standard InChI is InChI=1S/C13H16N2O/c1-2-5-13-14-11-6-3-4-7-12(11)15(13)8-10-9-16-10/h3-4,6-7,10H,2,5,8-9H2,1H3. The van der Waals surface area contributed by atoms with Crippen LogP contribution >= 0.6 is 0 Å². The number of aryl methyl sites for hydroxylation is 1. The zero-order valence-corrected chi connectivity index (χ0v) is 9.52. The summed E-state index contributed by atoms with van der Waals surface area (Å²) in [7, 11) is 0. The first-order chi connectivity index (χ1) is 7.88. The lowest BCUT2D eigenvalue weighted by atomic mass is 10.3. The average molecular weight is 216 g/mol. The second-order valence-corrected chi connectivity index (χ2v) is 4.33. The van der Waals surface area contributed by atoms with Crippen molar-refractivity contribution in [2.75, 3.05) is 6.61 Å². The van der Waals surface area contributed by atoms with E-state index in [1.807, 2.05) is 6.07 Å². The lowest BCUT2D eigenvalue weighted by Gasteiger charge is -2.06. The molecule has 1 aliphatic heterocycles. The summed E-state index contributed by atoms with van der Waals surface area (Å²) in [6.07, 6.45) is 2.59. The van der Waals surface area contributed by atoms with E-state index in [1.165, 1.54) is 11.3 Å². The number of epoxide rings is 1. The van der Waals surface area contributed by atoms with Crippen molar-refractivity contribution in [3.8, 4) is 0 Å². The number of ether oxygens (including phenoxy) is 1. The first kappa shape index (κ1) is 9.85. The fourth-order valence-corrected chi connectivity index (χ4v) is 2.12. The maximum Gasteiger partial charge on any atom is 0.109 e. The van der Waals surface area contributed by atoms with Gasteiger partial charge in [-0.05, 0) is 18.6 Å². The molecule has 0 amide bonds. The number of hydrogen-bond donors (Lipinski definition) is 0. The Labute approximate surface area is 95.0 Å². The van der Waals surface area contributed by atoms with E-state index in [2.05, 4.69) is 29.7 Å². The van der Waals surface area contributed by atoms with E-state index in [-0.39, 0.29) is 0 Å². The van der Waals surface area contributed by atoms with Crippen LogP contribution in [-0.2, 0) is 17.7 Å². The summed E-state index contributed by atoms with van der Waals surface area (Å²) in [5, 5.41) is 0. The molecular weight excluding hydrogens is 200 g/mol. The molecule has 1 aliphatic rings. The normalized spacial score (nSPS) is 19.2. The van der Waals surface area contributed by atoms with E-state index in [0.29, 0.717) is 6.10 Å². The lowest BCUT2D eigenvalue weighted by molar-refractivity contribution is 0.382. The highest BCUT2D eigenvalue weighted by Crippen LogP contribution is 2.21. The zero-order valence-electron chi connectivity index (χ0n) is 9.52. The number of rotatable bonds is 4. The molecule has 3 rings (SSSR count). The largest absolute Gasteiger partial charge is 0.371 e. The molecule has 2 heterocycles. The minimum Gasteiger partial charge on any atom is -0.371 e. The molecule has 0 radical (unpaired) electrons. The van der Waals surface area contributed by atoms with Gasteiger partial charge in [0, 0.05) is 6.42 Å². The highest BCUT2D eigenvalue weighted by atomic mass is 16.6. The van der Waals surface area contributed by atoms with Gasteiger partial charge in [0.15, 0.2) is 0 Å². The van der Waals surface area contributed by atoms with Crippen LogP contribution in [0.4, 0.5) is 0 Å². The molecule has 1 saturated heterocycles. The fraction of sp³-hybridized carbons (Fsp3) is 0.462. The van der Waals surface area contributed by atoms with Gasteiger partial charge in [-0.2, -0.15) is 0 Å². The Morgan fingerprint density at radius 2 is 2.25 bits per heavy atom. The third kappa shape index (κ3) is 1.71. The summed E-state index contributed by atoms with van der Waals surface area (Å²) in [5.74, 6) is 1.19. The summed E-state index contributed by atoms with van der Waals surface area (Å²) in [4.78, 5) is 4.69. The maximum absolute atomic E-state index is 5.32. The van der Waals surface area contributed by atoms with Crippen molar-refractivity contribution in [3.63, 3.8) is 0 Å². The minimum absolute atomic E-state index is 0.410. The molecule has 1 atom stereocenters. The molecule has 3 nitrogen and oxygen atoms in total. The van der Waals surface area contributed by atoms with Crippen LogP contribution in [0.15, 0.2) is 24.3 Å². The van der Waals surface area contributed by atoms with E-state index in [9.17, 15) is 0 Å². The Kier molecular flexibility index (Phi) is 2.40. The fourth-order valence-electron chi connectivity index (χ4n) is 2.12. The average Bonchev–Trinajstić information content (AvgIpc) is 3.04. The molecule has 0 aliphatic carbocycles. The number of para-hydroxylation sites is 2. The lowest BCUT2D eigenvalue weighted by Crippen LogP contribution is -2.08. The molecule has 16 heavy (non-hydrogen) atoms. The van der Waals surface area contributed by atoms with Crippen LogP contribution in [0, 0.1) is 0 Å². The topological polar surface area (TPSA) is 30.4 Å². The molecule has 2 aromatic rings. The van der Waals surface area contributed by atoms with Gasteiger partial charge in [0.2, 0.25) is 0 Å². The summed E-state index contributed by atoms with van der Waals surface area (Å²) < 4.78 is 7.63. The Morgan fingerprint density at radius 3 is 3.00 bits per heavy atom. The van der Waals surface area contributed by atoms with E-state index in [4.69, 9.17) is 9.72 Å². The van der Waals surface area contributed by atoms with Gasteiger partial charge in [0.25, 0.3) is 0 Å². The van der Waals surface area contributed by atoms with Gasteiger partial charge >= 0.3 is 0 Å². The molecule has 0 saturated carbocycles. The van der Waals surface area contributed by atoms with Crippen molar-refractivity contribution < 1.29 is 4.74 Å². The summed E-state index contributed by atoms with van der Waals surface area (Å²) in [6, 6.07) is 8.34. The first-order valence-corrected chi connectivity index (χ1v) is 5.94. The second kappa shape index (κ2) is 3.91. The number of hydrogen-bond acceptors (Lipinski definition) is 2. The number of imidazole rings is 1. The Balaban J connectivity index is 2.06. The second-order valence-electron chi connectivity index (χ2n) is 4.33. The van der Waals surface area contributed by atoms with Gasteiger partial charge in [-0.15, -0.1) is 0 Å². The van der Waals surface area contributed by atoms with Crippen LogP contribution in [0.3, 0.4) is 0 Å². The van der Waals surface area contributed by atoms with Crippen LogP contribution in [-0.4, -0.2) is 22.3 Å². The summed E-state index contributed by atoms with van der Waals surface area (Å²) in [6.45, 7) is 4.05. The third-order valence-electron chi connectivity index (χ3n) is 3.00. The van der Waals surface area contributed by atoms with Crippen molar-refractivity contribution in [2.24, 2.45) is 0 Å². The molecule has 1 aromatic heterocycles. The zero-order chi connectivity index (χ0) is 11.0. The molecule has 0 spiro atoms. The molecule has 1 aromatic carbocycles. The third-order valence-corrected chi connectivity index (χ3v) is 3.00. The van der Waals surface area contributed by atoms with Gasteiger partial charge in [-0.25, -0.2) is 4.98 Å². The summed E-state index contributed by atoms with van der Waals surface area (Å²) in [5.41, 5.74) is 2.34. The van der Waals surface area contributed by atoms with E-state index in [0.717, 1.165) is 31.5 Å². The number of fused-ring (bicyclic) bond motifs is 1. The quantitative estimate of drug-likeness (QED) is 0.735. The predicted molar refractivity (Wildman–Crippen MR) is 63.5 cm³/mol. The number of benzene rings is 1. The van der Waals surface area contributed by atoms with Crippen LogP contribution in [0.5, 0.6) is 0 Å². The summed E-state index contributed by atoms with van der Waals surface area (Å²) >= 11 is 0. The van der Waals surface area contributed by atoms with Crippen LogP contribution < -0.4 is 0 Å². The molecule has 0 bridgehead atoms. The van der Waals surface area contributed by atoms with Crippen LogP contribution in [0.2, 0.25) is 0 Å². The Bertz CT molecular complexity index is 500. The molecule has 0 N–H and O–H groups in total. The van der Waals surface area contributed by atoms with Crippen molar-refractivity contribution in [1.29, 1.82) is 0 Å². The van der Waals surface area contributed by atoms with Crippen molar-refractivity contribution >= 4 is 11.0 Å². The van der Waals surface area contributed by atoms with Gasteiger partial charge in [-0.1, -0.05) is 19.1 Å². The monoisotopic (exact) mass is 216 g/mol. The van der Waals surface area contributed by atoms with Gasteiger partial charge in [-0.3, -0.25) is 0 Å². The minimum atomic E-state index is 0.410. The van der Waals surface area contributed by atoms with E-state index >= 15 is 0 Å². The SMILES string of the molecule is CCCc1nc2ccccc2n1CC1CO1. The van der Waals surface area contributed by atoms with Crippen molar-refractivity contribution in [2.45, 2.75) is 32.4 Å². The molecule has 3 heteroatoms. The van der Waals surface area contributed by atoms with E-state index in [1.54, 1.807) is 0 Å². The van der Waals surface area contributed by atoms with E-state index < -0.39 is 0 Å². The van der Waals surface area contributed by atoms with Gasteiger partial charge in [0.1, 0.15) is 5.82 Å².